The molecule has 6 heteroatoms. The number of nitrogens with one attached hydrogen (secondary N) is 2. The fourth-order valence-electron chi connectivity index (χ4n) is 2.21. The van der Waals surface area contributed by atoms with Gasteiger partial charge in [0.1, 0.15) is 5.82 Å². The summed E-state index contributed by atoms with van der Waals surface area (Å²) >= 11 is 0. The van der Waals surface area contributed by atoms with Gasteiger partial charge in [-0.05, 0) is 32.5 Å². The van der Waals surface area contributed by atoms with Crippen LogP contribution in [-0.4, -0.2) is 43.6 Å². The molecule has 0 aromatic heterocycles. The van der Waals surface area contributed by atoms with E-state index in [2.05, 4.69) is 34.4 Å². The Morgan fingerprint density at radius 2 is 1.87 bits per heavy atom. The smallest absolute Gasteiger partial charge is 0.191 e. The molecule has 2 N–H and O–H groups in total. The topological polar surface area (TPSA) is 39.7 Å². The molecule has 0 spiro atoms. The third-order valence-corrected chi connectivity index (χ3v) is 3.42. The second-order valence-electron chi connectivity index (χ2n) is 5.15. The van der Waals surface area contributed by atoms with Crippen LogP contribution in [0, 0.1) is 5.82 Å². The summed E-state index contributed by atoms with van der Waals surface area (Å²) in [6.45, 7) is 11.5. The largest absolute Gasteiger partial charge is 0.357 e. The zero-order valence-corrected chi connectivity index (χ0v) is 16.8. The van der Waals surface area contributed by atoms with Crippen LogP contribution in [0.15, 0.2) is 29.3 Å². The average molecular weight is 436 g/mol. The molecule has 0 aliphatic rings. The van der Waals surface area contributed by atoms with Gasteiger partial charge in [-0.15, -0.1) is 24.0 Å². The van der Waals surface area contributed by atoms with Gasteiger partial charge in [0.05, 0.1) is 6.54 Å². The van der Waals surface area contributed by atoms with Gasteiger partial charge in [-0.25, -0.2) is 9.38 Å². The van der Waals surface area contributed by atoms with E-state index in [4.69, 9.17) is 0 Å². The first kappa shape index (κ1) is 22.1. The number of rotatable bonds is 9. The summed E-state index contributed by atoms with van der Waals surface area (Å²) in [6.07, 6.45) is 1.16. The van der Waals surface area contributed by atoms with Crippen LogP contribution >= 0.6 is 24.0 Å². The lowest BCUT2D eigenvalue weighted by Gasteiger charge is -2.20. The van der Waals surface area contributed by atoms with Gasteiger partial charge in [-0.3, -0.25) is 0 Å². The van der Waals surface area contributed by atoms with Crippen molar-refractivity contribution in [3.63, 3.8) is 0 Å². The highest BCUT2D eigenvalue weighted by atomic mass is 127. The highest BCUT2D eigenvalue weighted by Crippen LogP contribution is 2.07. The van der Waals surface area contributed by atoms with Crippen molar-refractivity contribution in [3.05, 3.63) is 35.6 Å². The van der Waals surface area contributed by atoms with Gasteiger partial charge in [-0.2, -0.15) is 0 Å². The standard InChI is InChI=1S/C17H29FN4.HI/c1-4-12-22(6-3)13-11-20-17(19-5-2)21-14-15-9-7-8-10-16(15)18;/h7-10H,4-6,11-14H2,1-3H3,(H2,19,20,21);1H. The molecule has 0 bridgehead atoms. The maximum atomic E-state index is 13.6. The number of hydrogen-bond donors (Lipinski definition) is 2. The molecule has 0 aliphatic heterocycles. The molecule has 0 saturated carbocycles. The number of guanidine groups is 1. The molecule has 1 aromatic rings. The minimum Gasteiger partial charge on any atom is -0.357 e. The van der Waals surface area contributed by atoms with E-state index < -0.39 is 0 Å². The van der Waals surface area contributed by atoms with Gasteiger partial charge in [0.15, 0.2) is 5.96 Å². The summed E-state index contributed by atoms with van der Waals surface area (Å²) < 4.78 is 13.6. The number of likely N-dealkylation sites (N-methyl/N-ethyl adjacent to an activating group) is 1. The van der Waals surface area contributed by atoms with E-state index in [9.17, 15) is 4.39 Å². The zero-order chi connectivity index (χ0) is 16.2. The molecule has 132 valence electrons. The van der Waals surface area contributed by atoms with E-state index >= 15 is 0 Å². The van der Waals surface area contributed by atoms with E-state index in [0.717, 1.165) is 45.1 Å². The van der Waals surface area contributed by atoms with E-state index in [0.29, 0.717) is 12.1 Å². The average Bonchev–Trinajstić information content (AvgIpc) is 2.53. The van der Waals surface area contributed by atoms with Crippen LogP contribution in [0.3, 0.4) is 0 Å². The van der Waals surface area contributed by atoms with Crippen molar-refractivity contribution >= 4 is 29.9 Å². The third kappa shape index (κ3) is 9.10. The molecule has 0 atom stereocenters. The Balaban J connectivity index is 0.00000484. The Kier molecular flexibility index (Phi) is 13.0. The Morgan fingerprint density at radius 1 is 1.13 bits per heavy atom. The van der Waals surface area contributed by atoms with Gasteiger partial charge in [-0.1, -0.05) is 32.0 Å². The van der Waals surface area contributed by atoms with Crippen molar-refractivity contribution in [3.8, 4) is 0 Å². The lowest BCUT2D eigenvalue weighted by Crippen LogP contribution is -2.41. The van der Waals surface area contributed by atoms with Crippen molar-refractivity contribution in [1.29, 1.82) is 0 Å². The number of aliphatic imine (C=N–C) groups is 1. The summed E-state index contributed by atoms with van der Waals surface area (Å²) in [7, 11) is 0. The Bertz CT molecular complexity index is 454. The first-order valence-corrected chi connectivity index (χ1v) is 8.19. The summed E-state index contributed by atoms with van der Waals surface area (Å²) in [5.41, 5.74) is 0.612. The highest BCUT2D eigenvalue weighted by Gasteiger charge is 2.03. The molecule has 1 rings (SSSR count). The van der Waals surface area contributed by atoms with Gasteiger partial charge in [0.25, 0.3) is 0 Å². The molecular formula is C17H30FIN4. The quantitative estimate of drug-likeness (QED) is 0.355. The molecule has 23 heavy (non-hydrogen) atoms. The summed E-state index contributed by atoms with van der Waals surface area (Å²) in [5.74, 6) is 0.528. The SMILES string of the molecule is CCCN(CC)CCNC(=NCc1ccccc1F)NCC.I. The minimum absolute atomic E-state index is 0. The first-order chi connectivity index (χ1) is 10.7. The number of hydrogen-bond acceptors (Lipinski definition) is 2. The van der Waals surface area contributed by atoms with Crippen molar-refractivity contribution in [1.82, 2.24) is 15.5 Å². The predicted molar refractivity (Wildman–Crippen MR) is 107 cm³/mol. The van der Waals surface area contributed by atoms with Crippen molar-refractivity contribution in [2.75, 3.05) is 32.7 Å². The summed E-state index contributed by atoms with van der Waals surface area (Å²) in [5, 5.41) is 6.50. The highest BCUT2D eigenvalue weighted by molar-refractivity contribution is 14.0. The number of halogens is 2. The molecule has 4 nitrogen and oxygen atoms in total. The van der Waals surface area contributed by atoms with E-state index in [1.165, 1.54) is 6.07 Å². The van der Waals surface area contributed by atoms with Crippen LogP contribution in [-0.2, 0) is 6.54 Å². The molecule has 0 radical (unpaired) electrons. The lowest BCUT2D eigenvalue weighted by molar-refractivity contribution is 0.293. The summed E-state index contributed by atoms with van der Waals surface area (Å²) in [4.78, 5) is 6.85. The predicted octanol–water partition coefficient (Wildman–Crippen LogP) is 3.23. The normalized spacial score (nSPS) is 11.3. The van der Waals surface area contributed by atoms with Gasteiger partial charge in [0.2, 0.25) is 0 Å². The summed E-state index contributed by atoms with van der Waals surface area (Å²) in [6, 6.07) is 6.76. The Labute approximate surface area is 157 Å². The van der Waals surface area contributed by atoms with Crippen LogP contribution in [0.2, 0.25) is 0 Å². The molecule has 0 aliphatic carbocycles. The minimum atomic E-state index is -0.206. The van der Waals surface area contributed by atoms with E-state index in [-0.39, 0.29) is 29.8 Å². The fourth-order valence-corrected chi connectivity index (χ4v) is 2.21. The van der Waals surface area contributed by atoms with E-state index in [1.807, 2.05) is 13.0 Å². The maximum Gasteiger partial charge on any atom is 0.191 e. The van der Waals surface area contributed by atoms with Crippen molar-refractivity contribution < 1.29 is 4.39 Å². The number of nitrogens with zero attached hydrogens (tertiary/aromatic N) is 2. The number of benzene rings is 1. The molecule has 0 saturated heterocycles. The second-order valence-corrected chi connectivity index (χ2v) is 5.15. The maximum absolute atomic E-state index is 13.6. The van der Waals surface area contributed by atoms with Crippen LogP contribution < -0.4 is 10.6 Å². The molecule has 0 heterocycles. The molecule has 1 aromatic carbocycles. The third-order valence-electron chi connectivity index (χ3n) is 3.42. The van der Waals surface area contributed by atoms with E-state index in [1.54, 1.807) is 12.1 Å². The zero-order valence-electron chi connectivity index (χ0n) is 14.4. The van der Waals surface area contributed by atoms with Gasteiger partial charge in [0, 0.05) is 25.2 Å². The Morgan fingerprint density at radius 3 is 2.48 bits per heavy atom. The van der Waals surface area contributed by atoms with Gasteiger partial charge < -0.3 is 15.5 Å². The van der Waals surface area contributed by atoms with Crippen molar-refractivity contribution in [2.24, 2.45) is 4.99 Å². The molecule has 0 unspecified atom stereocenters. The first-order valence-electron chi connectivity index (χ1n) is 8.19. The Hall–Kier alpha value is -0.890. The van der Waals surface area contributed by atoms with Crippen LogP contribution in [0.1, 0.15) is 32.8 Å². The van der Waals surface area contributed by atoms with Crippen LogP contribution in [0.4, 0.5) is 4.39 Å². The molecule has 0 fully saturated rings. The monoisotopic (exact) mass is 436 g/mol. The van der Waals surface area contributed by atoms with Crippen molar-refractivity contribution in [2.45, 2.75) is 33.7 Å². The van der Waals surface area contributed by atoms with Crippen LogP contribution in [0.25, 0.3) is 0 Å². The second kappa shape index (κ2) is 13.5. The lowest BCUT2D eigenvalue weighted by atomic mass is 10.2. The molecule has 0 amide bonds. The van der Waals surface area contributed by atoms with Crippen LogP contribution in [0.5, 0.6) is 0 Å². The fraction of sp³-hybridized carbons (Fsp3) is 0.588. The molecular weight excluding hydrogens is 406 g/mol. The van der Waals surface area contributed by atoms with Gasteiger partial charge >= 0.3 is 0 Å².